The Morgan fingerprint density at radius 2 is 1.94 bits per heavy atom. The van der Waals surface area contributed by atoms with Crippen molar-refractivity contribution in [1.29, 1.82) is 0 Å². The summed E-state index contributed by atoms with van der Waals surface area (Å²) in [5, 5.41) is 0. The molecule has 0 aromatic rings. The van der Waals surface area contributed by atoms with Gasteiger partial charge in [-0.25, -0.2) is 12.7 Å². The number of hydrogen-bond donors (Lipinski definition) is 1. The first-order valence-corrected chi connectivity index (χ1v) is 7.10. The monoisotopic (exact) mass is 310 g/mol. The van der Waals surface area contributed by atoms with E-state index in [1.807, 2.05) is 0 Å². The minimum Gasteiger partial charge on any atom is -0.330 e. The van der Waals surface area contributed by atoms with Gasteiger partial charge in [-0.3, -0.25) is 0 Å². The Kier molecular flexibility index (Phi) is 6.91. The van der Waals surface area contributed by atoms with E-state index in [2.05, 4.69) is 0 Å². The molecule has 0 aromatic heterocycles. The van der Waals surface area contributed by atoms with E-state index < -0.39 is 28.4 Å². The van der Waals surface area contributed by atoms with Crippen molar-refractivity contribution >= 4 is 22.4 Å². The first kappa shape index (κ1) is 17.9. The maximum absolute atomic E-state index is 11.9. The smallest absolute Gasteiger partial charge is 0.330 e. The van der Waals surface area contributed by atoms with Gasteiger partial charge in [-0.15, -0.1) is 12.4 Å². The fourth-order valence-corrected chi connectivity index (χ4v) is 3.42. The SMILES string of the molecule is Cl.NCC1CCN(S(=O)(=O)CCCC(F)(F)F)C1. The molecule has 1 unspecified atom stereocenters. The Morgan fingerprint density at radius 3 is 2.39 bits per heavy atom. The van der Waals surface area contributed by atoms with Crippen LogP contribution in [0.25, 0.3) is 0 Å². The Morgan fingerprint density at radius 1 is 1.33 bits per heavy atom. The predicted octanol–water partition coefficient (Wildman–Crippen LogP) is 1.36. The number of rotatable bonds is 5. The average Bonchev–Trinajstić information content (AvgIpc) is 2.63. The number of sulfonamides is 1. The standard InChI is InChI=1S/C9H17F3N2O2S.ClH/c10-9(11,12)3-1-5-17(15,16)14-4-2-8(6-13)7-14;/h8H,1-7,13H2;1H. The molecule has 18 heavy (non-hydrogen) atoms. The van der Waals surface area contributed by atoms with Crippen molar-refractivity contribution < 1.29 is 21.6 Å². The highest BCUT2D eigenvalue weighted by atomic mass is 35.5. The second kappa shape index (κ2) is 6.93. The van der Waals surface area contributed by atoms with Gasteiger partial charge in [-0.2, -0.15) is 13.2 Å². The van der Waals surface area contributed by atoms with E-state index in [1.54, 1.807) is 0 Å². The molecule has 1 fully saturated rings. The molecule has 0 amide bonds. The second-order valence-electron chi connectivity index (χ2n) is 4.28. The summed E-state index contributed by atoms with van der Waals surface area (Å²) < 4.78 is 60.3. The van der Waals surface area contributed by atoms with E-state index in [9.17, 15) is 21.6 Å². The van der Waals surface area contributed by atoms with E-state index in [0.29, 0.717) is 26.1 Å². The molecular formula is C9H18ClF3N2O2S. The molecule has 0 aliphatic carbocycles. The first-order chi connectivity index (χ1) is 7.74. The highest BCUT2D eigenvalue weighted by molar-refractivity contribution is 7.89. The van der Waals surface area contributed by atoms with E-state index in [4.69, 9.17) is 5.73 Å². The number of alkyl halides is 3. The lowest BCUT2D eigenvalue weighted by atomic mass is 10.1. The minimum atomic E-state index is -4.29. The molecule has 2 N–H and O–H groups in total. The molecule has 110 valence electrons. The maximum atomic E-state index is 11.9. The average molecular weight is 311 g/mol. The van der Waals surface area contributed by atoms with Crippen LogP contribution < -0.4 is 5.73 Å². The zero-order valence-electron chi connectivity index (χ0n) is 9.82. The van der Waals surface area contributed by atoms with Gasteiger partial charge in [0.05, 0.1) is 5.75 Å². The third-order valence-electron chi connectivity index (χ3n) is 2.84. The van der Waals surface area contributed by atoms with Gasteiger partial charge in [0.25, 0.3) is 0 Å². The highest BCUT2D eigenvalue weighted by Gasteiger charge is 2.32. The van der Waals surface area contributed by atoms with Crippen LogP contribution in [-0.4, -0.2) is 44.3 Å². The first-order valence-electron chi connectivity index (χ1n) is 5.49. The fraction of sp³-hybridized carbons (Fsp3) is 1.00. The summed E-state index contributed by atoms with van der Waals surface area (Å²) >= 11 is 0. The van der Waals surface area contributed by atoms with Crippen molar-refractivity contribution in [1.82, 2.24) is 4.31 Å². The Labute approximate surface area is 111 Å². The Hall–Kier alpha value is -0.0500. The van der Waals surface area contributed by atoms with Gasteiger partial charge in [-0.1, -0.05) is 0 Å². The van der Waals surface area contributed by atoms with Gasteiger partial charge in [0, 0.05) is 19.5 Å². The summed E-state index contributed by atoms with van der Waals surface area (Å²) in [7, 11) is -3.55. The van der Waals surface area contributed by atoms with Crippen LogP contribution in [0.2, 0.25) is 0 Å². The van der Waals surface area contributed by atoms with Crippen molar-refractivity contribution in [2.24, 2.45) is 11.7 Å². The molecular weight excluding hydrogens is 293 g/mol. The van der Waals surface area contributed by atoms with Gasteiger partial charge in [-0.05, 0) is 25.3 Å². The number of nitrogens with two attached hydrogens (primary N) is 1. The molecule has 1 atom stereocenters. The van der Waals surface area contributed by atoms with Crippen molar-refractivity contribution in [3.63, 3.8) is 0 Å². The number of halogens is 4. The van der Waals surface area contributed by atoms with Crippen molar-refractivity contribution in [3.8, 4) is 0 Å². The topological polar surface area (TPSA) is 63.4 Å². The van der Waals surface area contributed by atoms with Crippen LogP contribution in [-0.2, 0) is 10.0 Å². The number of nitrogens with zero attached hydrogens (tertiary/aromatic N) is 1. The molecule has 0 aromatic carbocycles. The molecule has 1 aliphatic rings. The van der Waals surface area contributed by atoms with E-state index in [1.165, 1.54) is 4.31 Å². The molecule has 0 bridgehead atoms. The van der Waals surface area contributed by atoms with Crippen LogP contribution in [0.4, 0.5) is 13.2 Å². The summed E-state index contributed by atoms with van der Waals surface area (Å²) in [6.45, 7) is 1.12. The molecule has 9 heteroatoms. The molecule has 0 radical (unpaired) electrons. The fourth-order valence-electron chi connectivity index (χ4n) is 1.83. The van der Waals surface area contributed by atoms with Crippen LogP contribution in [0.3, 0.4) is 0 Å². The molecule has 1 saturated heterocycles. The largest absolute Gasteiger partial charge is 0.389 e. The van der Waals surface area contributed by atoms with Crippen LogP contribution in [0.15, 0.2) is 0 Å². The Balaban J connectivity index is 0.00000289. The molecule has 4 nitrogen and oxygen atoms in total. The summed E-state index contributed by atoms with van der Waals surface area (Å²) in [5.41, 5.74) is 5.43. The van der Waals surface area contributed by atoms with E-state index in [0.717, 1.165) is 0 Å². The quantitative estimate of drug-likeness (QED) is 0.834. The molecule has 1 aliphatic heterocycles. The lowest BCUT2D eigenvalue weighted by Gasteiger charge is -2.16. The van der Waals surface area contributed by atoms with Crippen molar-refractivity contribution in [2.45, 2.75) is 25.4 Å². The summed E-state index contributed by atoms with van der Waals surface area (Å²) in [4.78, 5) is 0. The molecule has 1 rings (SSSR count). The minimum absolute atomic E-state index is 0. The van der Waals surface area contributed by atoms with E-state index >= 15 is 0 Å². The van der Waals surface area contributed by atoms with E-state index in [-0.39, 0.29) is 24.7 Å². The van der Waals surface area contributed by atoms with Gasteiger partial charge < -0.3 is 5.73 Å². The van der Waals surface area contributed by atoms with Crippen LogP contribution in [0, 0.1) is 5.92 Å². The van der Waals surface area contributed by atoms with Gasteiger partial charge in [0.15, 0.2) is 0 Å². The highest BCUT2D eigenvalue weighted by Crippen LogP contribution is 2.23. The lowest BCUT2D eigenvalue weighted by Crippen LogP contribution is -2.32. The van der Waals surface area contributed by atoms with Gasteiger partial charge in [0.2, 0.25) is 10.0 Å². The molecule has 0 saturated carbocycles. The number of hydrogen-bond acceptors (Lipinski definition) is 3. The van der Waals surface area contributed by atoms with Crippen LogP contribution >= 0.6 is 12.4 Å². The van der Waals surface area contributed by atoms with Gasteiger partial charge >= 0.3 is 6.18 Å². The van der Waals surface area contributed by atoms with Gasteiger partial charge in [0.1, 0.15) is 0 Å². The zero-order chi connectivity index (χ0) is 13.1. The predicted molar refractivity (Wildman–Crippen MR) is 65.1 cm³/mol. The summed E-state index contributed by atoms with van der Waals surface area (Å²) in [6.07, 6.45) is -5.04. The van der Waals surface area contributed by atoms with Crippen molar-refractivity contribution in [2.75, 3.05) is 25.4 Å². The third-order valence-corrected chi connectivity index (χ3v) is 4.76. The van der Waals surface area contributed by atoms with Crippen LogP contribution in [0.1, 0.15) is 19.3 Å². The lowest BCUT2D eigenvalue weighted by molar-refractivity contribution is -0.134. The molecule has 1 heterocycles. The summed E-state index contributed by atoms with van der Waals surface area (Å²) in [5.74, 6) is -0.309. The Bertz CT molecular complexity index is 348. The summed E-state index contributed by atoms with van der Waals surface area (Å²) in [6, 6.07) is 0. The second-order valence-corrected chi connectivity index (χ2v) is 6.37. The van der Waals surface area contributed by atoms with Crippen LogP contribution in [0.5, 0.6) is 0 Å². The third kappa shape index (κ3) is 5.73. The maximum Gasteiger partial charge on any atom is 0.389 e. The normalized spacial score (nSPS) is 21.9. The zero-order valence-corrected chi connectivity index (χ0v) is 11.5. The molecule has 0 spiro atoms. The van der Waals surface area contributed by atoms with Crippen molar-refractivity contribution in [3.05, 3.63) is 0 Å².